The lowest BCUT2D eigenvalue weighted by molar-refractivity contribution is 0.0667. The Labute approximate surface area is 122 Å². The molecule has 0 aromatic heterocycles. The number of nitrogens with one attached hydrogen (secondary N) is 1. The van der Waals surface area contributed by atoms with Crippen LogP contribution in [0.5, 0.6) is 0 Å². The first-order chi connectivity index (χ1) is 10.2. The number of aliphatic hydroxyl groups is 2. The topological polar surface area (TPSA) is 119 Å². The second kappa shape index (κ2) is 5.88. The molecule has 1 fully saturated rings. The first-order valence-electron chi connectivity index (χ1n) is 6.95. The van der Waals surface area contributed by atoms with Gasteiger partial charge in [0.1, 0.15) is 11.5 Å². The van der Waals surface area contributed by atoms with Crippen LogP contribution in [0.1, 0.15) is 0 Å². The number of aliphatic hydroxyl groups excluding tert-OH is 2. The third-order valence-electron chi connectivity index (χ3n) is 3.63. The van der Waals surface area contributed by atoms with Gasteiger partial charge in [-0.15, -0.1) is 0 Å². The van der Waals surface area contributed by atoms with E-state index >= 15 is 0 Å². The fraction of sp³-hybridized carbons (Fsp3) is 0.667. The lowest BCUT2D eigenvalue weighted by Gasteiger charge is -2.29. The fourth-order valence-corrected chi connectivity index (χ4v) is 2.49. The number of rotatable bonds is 3. The van der Waals surface area contributed by atoms with E-state index in [1.807, 2.05) is 0 Å². The number of aliphatic imine (C=N–C) groups is 2. The van der Waals surface area contributed by atoms with Gasteiger partial charge in [0.25, 0.3) is 0 Å². The lowest BCUT2D eigenvalue weighted by Crippen LogP contribution is -2.46. The van der Waals surface area contributed by atoms with Gasteiger partial charge in [-0.05, 0) is 0 Å². The Morgan fingerprint density at radius 3 is 2.95 bits per heavy atom. The molecule has 0 unspecified atom stereocenters. The molecule has 9 nitrogen and oxygen atoms in total. The van der Waals surface area contributed by atoms with E-state index in [-0.39, 0.29) is 19.3 Å². The lowest BCUT2D eigenvalue weighted by atomic mass is 10.2. The normalized spacial score (nSPS) is 26.6. The molecule has 5 N–H and O–H groups in total. The van der Waals surface area contributed by atoms with Crippen LogP contribution >= 0.6 is 0 Å². The molecule has 0 aromatic carbocycles. The van der Waals surface area contributed by atoms with Gasteiger partial charge in [-0.1, -0.05) is 0 Å². The number of nitrogens with zero attached hydrogens (tertiary/aromatic N) is 4. The zero-order valence-electron chi connectivity index (χ0n) is 11.6. The molecule has 0 spiro atoms. The van der Waals surface area contributed by atoms with Gasteiger partial charge >= 0.3 is 0 Å². The molecule has 1 saturated heterocycles. The molecule has 3 aliphatic rings. The number of β-amino-alcohol motifs (C(OH)–C–C–N with tert-alkyl or cyclic N) is 1. The highest BCUT2D eigenvalue weighted by Gasteiger charge is 2.35. The highest BCUT2D eigenvalue weighted by Crippen LogP contribution is 2.22. The van der Waals surface area contributed by atoms with Crippen LogP contribution < -0.4 is 11.1 Å². The SMILES string of the molecule is NC1=C2NC(N3CCOCC3)=N[C@H]2N(C[C@H](O)CO)C=N1. The van der Waals surface area contributed by atoms with Crippen LogP contribution in [0.15, 0.2) is 21.5 Å². The molecule has 0 aliphatic carbocycles. The molecule has 0 aromatic rings. The molecule has 3 rings (SSSR count). The van der Waals surface area contributed by atoms with Crippen molar-refractivity contribution in [3.8, 4) is 0 Å². The summed E-state index contributed by atoms with van der Waals surface area (Å²) in [4.78, 5) is 12.6. The number of hydrogen-bond donors (Lipinski definition) is 4. The molecule has 3 heterocycles. The monoisotopic (exact) mass is 296 g/mol. The average Bonchev–Trinajstić information content (AvgIpc) is 2.97. The van der Waals surface area contributed by atoms with Crippen LogP contribution in [0.25, 0.3) is 0 Å². The molecular weight excluding hydrogens is 276 g/mol. The van der Waals surface area contributed by atoms with E-state index in [4.69, 9.17) is 15.6 Å². The van der Waals surface area contributed by atoms with Crippen LogP contribution in [0, 0.1) is 0 Å². The molecule has 0 bridgehead atoms. The Hall–Kier alpha value is -1.84. The highest BCUT2D eigenvalue weighted by atomic mass is 16.5. The van der Waals surface area contributed by atoms with Gasteiger partial charge in [0.2, 0.25) is 5.96 Å². The molecule has 0 radical (unpaired) electrons. The third-order valence-corrected chi connectivity index (χ3v) is 3.63. The van der Waals surface area contributed by atoms with Gasteiger partial charge in [0, 0.05) is 19.6 Å². The van der Waals surface area contributed by atoms with Gasteiger partial charge in [0.15, 0.2) is 6.17 Å². The predicted molar refractivity (Wildman–Crippen MR) is 76.3 cm³/mol. The summed E-state index contributed by atoms with van der Waals surface area (Å²) in [6.45, 7) is 2.81. The summed E-state index contributed by atoms with van der Waals surface area (Å²) in [6.07, 6.45) is 0.372. The Morgan fingerprint density at radius 2 is 2.24 bits per heavy atom. The van der Waals surface area contributed by atoms with E-state index < -0.39 is 6.10 Å². The standard InChI is InChI=1S/C12H20N6O3/c13-10-9-11(18(7-14-10)5-8(20)6-19)16-12(15-9)17-1-3-21-4-2-17/h7-8,11,19-20H,1-6,13H2,(H,15,16)/t8-,11-/m0/s1. The molecular formula is C12H20N6O3. The zero-order valence-corrected chi connectivity index (χ0v) is 11.6. The minimum atomic E-state index is -0.848. The Morgan fingerprint density at radius 1 is 1.48 bits per heavy atom. The minimum absolute atomic E-state index is 0.239. The van der Waals surface area contributed by atoms with E-state index in [9.17, 15) is 5.11 Å². The van der Waals surface area contributed by atoms with E-state index in [1.165, 1.54) is 0 Å². The van der Waals surface area contributed by atoms with E-state index in [0.717, 1.165) is 19.0 Å². The third kappa shape index (κ3) is 2.80. The number of fused-ring (bicyclic) bond motifs is 1. The van der Waals surface area contributed by atoms with Crippen molar-refractivity contribution in [1.29, 1.82) is 0 Å². The maximum atomic E-state index is 9.61. The van der Waals surface area contributed by atoms with Crippen LogP contribution in [0.3, 0.4) is 0 Å². The van der Waals surface area contributed by atoms with Gasteiger partial charge in [0.05, 0.1) is 32.3 Å². The van der Waals surface area contributed by atoms with E-state index in [1.54, 1.807) is 11.2 Å². The Balaban J connectivity index is 1.76. The van der Waals surface area contributed by atoms with Crippen molar-refractivity contribution >= 4 is 12.3 Å². The summed E-state index contributed by atoms with van der Waals surface area (Å²) in [6, 6.07) is 0. The van der Waals surface area contributed by atoms with Crippen molar-refractivity contribution in [3.05, 3.63) is 11.5 Å². The smallest absolute Gasteiger partial charge is 0.201 e. The molecule has 116 valence electrons. The van der Waals surface area contributed by atoms with Gasteiger partial charge < -0.3 is 35.8 Å². The highest BCUT2D eigenvalue weighted by molar-refractivity contribution is 5.86. The summed E-state index contributed by atoms with van der Waals surface area (Å²) < 4.78 is 5.33. The van der Waals surface area contributed by atoms with Gasteiger partial charge in [-0.25, -0.2) is 9.98 Å². The number of morpholine rings is 1. The zero-order chi connectivity index (χ0) is 14.8. The second-order valence-corrected chi connectivity index (χ2v) is 5.13. The summed E-state index contributed by atoms with van der Waals surface area (Å²) in [7, 11) is 0. The van der Waals surface area contributed by atoms with E-state index in [0.29, 0.717) is 24.7 Å². The Bertz CT molecular complexity index is 485. The minimum Gasteiger partial charge on any atom is -0.394 e. The van der Waals surface area contributed by atoms with Crippen LogP contribution in [-0.4, -0.2) is 84.0 Å². The first-order valence-corrected chi connectivity index (χ1v) is 6.95. The summed E-state index contributed by atoms with van der Waals surface area (Å²) in [5, 5.41) is 21.8. The van der Waals surface area contributed by atoms with Crippen molar-refractivity contribution in [3.63, 3.8) is 0 Å². The van der Waals surface area contributed by atoms with Crippen LogP contribution in [0.2, 0.25) is 0 Å². The van der Waals surface area contributed by atoms with Crippen molar-refractivity contribution in [2.45, 2.75) is 12.3 Å². The van der Waals surface area contributed by atoms with E-state index in [2.05, 4.69) is 20.2 Å². The number of ether oxygens (including phenoxy) is 1. The largest absolute Gasteiger partial charge is 0.394 e. The van der Waals surface area contributed by atoms with Gasteiger partial charge in [-0.2, -0.15) is 0 Å². The first kappa shape index (κ1) is 14.1. The number of nitrogens with two attached hydrogens (primary N) is 1. The maximum Gasteiger partial charge on any atom is 0.201 e. The quantitative estimate of drug-likeness (QED) is 0.452. The number of guanidine groups is 1. The van der Waals surface area contributed by atoms with Crippen molar-refractivity contribution in [2.24, 2.45) is 15.7 Å². The Kier molecular flexibility index (Phi) is 3.95. The van der Waals surface area contributed by atoms with Crippen molar-refractivity contribution < 1.29 is 14.9 Å². The van der Waals surface area contributed by atoms with Gasteiger partial charge in [-0.3, -0.25) is 0 Å². The molecule has 2 atom stereocenters. The summed E-state index contributed by atoms with van der Waals surface area (Å²) in [5.74, 6) is 1.14. The summed E-state index contributed by atoms with van der Waals surface area (Å²) in [5.41, 5.74) is 6.61. The fourth-order valence-electron chi connectivity index (χ4n) is 2.49. The summed E-state index contributed by atoms with van der Waals surface area (Å²) >= 11 is 0. The van der Waals surface area contributed by atoms with Crippen molar-refractivity contribution in [2.75, 3.05) is 39.5 Å². The second-order valence-electron chi connectivity index (χ2n) is 5.13. The van der Waals surface area contributed by atoms with Crippen molar-refractivity contribution in [1.82, 2.24) is 15.1 Å². The van der Waals surface area contributed by atoms with Crippen LogP contribution in [-0.2, 0) is 4.74 Å². The molecule has 3 aliphatic heterocycles. The number of hydrogen-bond acceptors (Lipinski definition) is 9. The molecule has 0 saturated carbocycles. The predicted octanol–water partition coefficient (Wildman–Crippen LogP) is -2.57. The molecule has 9 heteroatoms. The van der Waals surface area contributed by atoms with Crippen LogP contribution in [0.4, 0.5) is 0 Å². The average molecular weight is 296 g/mol. The molecule has 0 amide bonds. The maximum absolute atomic E-state index is 9.61. The molecule has 21 heavy (non-hydrogen) atoms.